The molecule has 9 nitrogen and oxygen atoms in total. The van der Waals surface area contributed by atoms with E-state index in [9.17, 15) is 9.59 Å². The van der Waals surface area contributed by atoms with Crippen LogP contribution < -0.4 is 19.6 Å². The Kier molecular flexibility index (Phi) is 6.89. The van der Waals surface area contributed by atoms with E-state index in [1.165, 1.54) is 32.6 Å². The Hall–Kier alpha value is -4.27. The topological polar surface area (TPSA) is 120 Å². The predicted molar refractivity (Wildman–Crippen MR) is 111 cm³/mol. The number of methoxy groups -OCH3 is 2. The average molecular weight is 424 g/mol. The van der Waals surface area contributed by atoms with Crippen molar-refractivity contribution in [3.63, 3.8) is 0 Å². The molecule has 0 aliphatic rings. The van der Waals surface area contributed by atoms with Crippen molar-refractivity contribution < 1.29 is 33.3 Å². The summed E-state index contributed by atoms with van der Waals surface area (Å²) in [5.74, 6) is -0.0251. The van der Waals surface area contributed by atoms with E-state index in [2.05, 4.69) is 10.5 Å². The average Bonchev–Trinajstić information content (AvgIpc) is 3.27. The molecule has 160 valence electrons. The molecule has 0 bridgehead atoms. The molecule has 2 N–H and O–H groups in total. The number of carbonyl (C=O) groups is 2. The number of nitrogens with zero attached hydrogens (tertiary/aromatic N) is 1. The quantitative estimate of drug-likeness (QED) is 0.399. The van der Waals surface area contributed by atoms with Crippen molar-refractivity contribution in [1.29, 1.82) is 0 Å². The fourth-order valence-corrected chi connectivity index (χ4v) is 2.66. The Balaban J connectivity index is 1.63. The fraction of sp³-hybridized carbons (Fsp3) is 0.136. The lowest BCUT2D eigenvalue weighted by molar-refractivity contribution is 0.0657. The van der Waals surface area contributed by atoms with Gasteiger partial charge in [-0.25, -0.2) is 10.2 Å². The summed E-state index contributed by atoms with van der Waals surface area (Å²) in [5.41, 5.74) is 3.48. The number of furan rings is 1. The summed E-state index contributed by atoms with van der Waals surface area (Å²) in [7, 11) is 2.98. The minimum Gasteiger partial charge on any atom is -0.496 e. The molecule has 0 spiro atoms. The Morgan fingerprint density at radius 3 is 2.52 bits per heavy atom. The number of rotatable bonds is 9. The Morgan fingerprint density at radius 1 is 1.03 bits per heavy atom. The molecule has 0 aliphatic carbocycles. The molecule has 1 aromatic heterocycles. The molecular formula is C22H20N2O7. The van der Waals surface area contributed by atoms with Crippen LogP contribution in [-0.2, 0) is 6.61 Å². The van der Waals surface area contributed by atoms with E-state index in [0.29, 0.717) is 34.1 Å². The molecular weight excluding hydrogens is 404 g/mol. The van der Waals surface area contributed by atoms with Crippen LogP contribution in [0.1, 0.15) is 32.2 Å². The lowest BCUT2D eigenvalue weighted by Crippen LogP contribution is -2.18. The summed E-state index contributed by atoms with van der Waals surface area (Å²) in [5, 5.41) is 12.9. The first kappa shape index (κ1) is 21.4. The second-order valence-electron chi connectivity index (χ2n) is 6.17. The largest absolute Gasteiger partial charge is 0.496 e. The monoisotopic (exact) mass is 424 g/mol. The van der Waals surface area contributed by atoms with Gasteiger partial charge in [-0.3, -0.25) is 4.79 Å². The summed E-state index contributed by atoms with van der Waals surface area (Å²) in [6, 6.07) is 14.8. The maximum Gasteiger partial charge on any atom is 0.371 e. The van der Waals surface area contributed by atoms with Crippen molar-refractivity contribution in [2.45, 2.75) is 6.61 Å². The molecule has 0 radical (unpaired) electrons. The SMILES string of the molecule is COc1cc(C=NNC(=O)c2ccccc2OC)ccc1OCc1ccc(C(=O)O)o1. The molecule has 9 heteroatoms. The van der Waals surface area contributed by atoms with E-state index in [-0.39, 0.29) is 12.4 Å². The number of hydrogen-bond donors (Lipinski definition) is 2. The van der Waals surface area contributed by atoms with Gasteiger partial charge < -0.3 is 23.7 Å². The smallest absolute Gasteiger partial charge is 0.371 e. The maximum atomic E-state index is 12.3. The van der Waals surface area contributed by atoms with Gasteiger partial charge in [-0.1, -0.05) is 12.1 Å². The van der Waals surface area contributed by atoms with Gasteiger partial charge >= 0.3 is 5.97 Å². The lowest BCUT2D eigenvalue weighted by Gasteiger charge is -2.10. The van der Waals surface area contributed by atoms with Gasteiger partial charge in [0.05, 0.1) is 26.0 Å². The molecule has 0 saturated carbocycles. The van der Waals surface area contributed by atoms with E-state index >= 15 is 0 Å². The molecule has 2 aromatic carbocycles. The second-order valence-corrected chi connectivity index (χ2v) is 6.17. The van der Waals surface area contributed by atoms with Crippen LogP contribution in [0.3, 0.4) is 0 Å². The second kappa shape index (κ2) is 9.97. The minimum atomic E-state index is -1.15. The zero-order chi connectivity index (χ0) is 22.2. The molecule has 0 fully saturated rings. The van der Waals surface area contributed by atoms with Crippen LogP contribution in [0.2, 0.25) is 0 Å². The zero-order valence-corrected chi connectivity index (χ0v) is 16.8. The molecule has 1 heterocycles. The number of carbonyl (C=O) groups excluding carboxylic acids is 1. The van der Waals surface area contributed by atoms with Gasteiger partial charge in [-0.2, -0.15) is 5.10 Å². The number of ether oxygens (including phenoxy) is 3. The van der Waals surface area contributed by atoms with E-state index in [1.807, 2.05) is 0 Å². The molecule has 31 heavy (non-hydrogen) atoms. The number of aromatic carboxylic acids is 1. The van der Waals surface area contributed by atoms with Gasteiger partial charge in [-0.05, 0) is 48.0 Å². The highest BCUT2D eigenvalue weighted by Gasteiger charge is 2.12. The third-order valence-corrected chi connectivity index (χ3v) is 4.16. The van der Waals surface area contributed by atoms with Crippen LogP contribution in [0.15, 0.2) is 64.1 Å². The molecule has 0 unspecified atom stereocenters. The summed E-state index contributed by atoms with van der Waals surface area (Å²) in [6.45, 7) is 0.0338. The highest BCUT2D eigenvalue weighted by Crippen LogP contribution is 2.28. The van der Waals surface area contributed by atoms with Crippen LogP contribution in [0.4, 0.5) is 0 Å². The third-order valence-electron chi connectivity index (χ3n) is 4.16. The molecule has 3 aromatic rings. The maximum absolute atomic E-state index is 12.3. The summed E-state index contributed by atoms with van der Waals surface area (Å²) in [6.07, 6.45) is 1.46. The van der Waals surface area contributed by atoms with Crippen molar-refractivity contribution in [1.82, 2.24) is 5.43 Å². The number of para-hydroxylation sites is 1. The lowest BCUT2D eigenvalue weighted by atomic mass is 10.2. The first-order valence-electron chi connectivity index (χ1n) is 9.11. The van der Waals surface area contributed by atoms with Crippen molar-refractivity contribution in [2.75, 3.05) is 14.2 Å². The van der Waals surface area contributed by atoms with Crippen molar-refractivity contribution in [2.24, 2.45) is 5.10 Å². The third kappa shape index (κ3) is 5.41. The van der Waals surface area contributed by atoms with E-state index in [1.54, 1.807) is 42.5 Å². The Morgan fingerprint density at radius 2 is 1.81 bits per heavy atom. The van der Waals surface area contributed by atoms with Gasteiger partial charge in [0.15, 0.2) is 11.5 Å². The van der Waals surface area contributed by atoms with Gasteiger partial charge in [0.25, 0.3) is 5.91 Å². The van der Waals surface area contributed by atoms with Crippen molar-refractivity contribution in [3.8, 4) is 17.2 Å². The normalized spacial score (nSPS) is 10.6. The van der Waals surface area contributed by atoms with Gasteiger partial charge in [-0.15, -0.1) is 0 Å². The van der Waals surface area contributed by atoms with Crippen LogP contribution in [-0.4, -0.2) is 37.4 Å². The van der Waals surface area contributed by atoms with Crippen molar-refractivity contribution in [3.05, 3.63) is 77.2 Å². The summed E-state index contributed by atoms with van der Waals surface area (Å²) >= 11 is 0. The van der Waals surface area contributed by atoms with Crippen LogP contribution in [0.25, 0.3) is 0 Å². The summed E-state index contributed by atoms with van der Waals surface area (Å²) in [4.78, 5) is 23.1. The molecule has 1 amide bonds. The van der Waals surface area contributed by atoms with Crippen LogP contribution >= 0.6 is 0 Å². The molecule has 0 aliphatic heterocycles. The van der Waals surface area contributed by atoms with E-state index in [4.69, 9.17) is 23.7 Å². The number of carboxylic acids is 1. The molecule has 0 atom stereocenters. The number of hydrazone groups is 1. The number of nitrogens with one attached hydrogen (secondary N) is 1. The number of hydrogen-bond acceptors (Lipinski definition) is 7. The van der Waals surface area contributed by atoms with Crippen LogP contribution in [0, 0.1) is 0 Å². The number of amides is 1. The molecule has 3 rings (SSSR count). The zero-order valence-electron chi connectivity index (χ0n) is 16.8. The van der Waals surface area contributed by atoms with Gasteiger partial charge in [0, 0.05) is 0 Å². The first-order chi connectivity index (χ1) is 15.0. The van der Waals surface area contributed by atoms with E-state index < -0.39 is 11.9 Å². The minimum absolute atomic E-state index is 0.0338. The van der Waals surface area contributed by atoms with Gasteiger partial charge in [0.1, 0.15) is 18.1 Å². The molecule has 0 saturated heterocycles. The van der Waals surface area contributed by atoms with Crippen molar-refractivity contribution >= 4 is 18.1 Å². The Labute approximate surface area is 177 Å². The number of carboxylic acid groups (broad SMARTS) is 1. The highest BCUT2D eigenvalue weighted by atomic mass is 16.5. The number of benzene rings is 2. The van der Waals surface area contributed by atoms with E-state index in [0.717, 1.165) is 0 Å². The fourth-order valence-electron chi connectivity index (χ4n) is 2.66. The predicted octanol–water partition coefficient (Wildman–Crippen LogP) is 3.34. The highest BCUT2D eigenvalue weighted by molar-refractivity contribution is 5.97. The Bertz CT molecular complexity index is 1100. The standard InChI is InChI=1S/C22H20N2O7/c1-28-17-6-4-3-5-16(17)21(25)24-23-12-14-7-9-18(20(11-14)29-2)30-13-15-8-10-19(31-15)22(26)27/h3-12H,13H2,1-2H3,(H,24,25)(H,26,27). The van der Waals surface area contributed by atoms with Gasteiger partial charge in [0.2, 0.25) is 5.76 Å². The van der Waals surface area contributed by atoms with Crippen LogP contribution in [0.5, 0.6) is 17.2 Å². The first-order valence-corrected chi connectivity index (χ1v) is 9.11. The summed E-state index contributed by atoms with van der Waals surface area (Å²) < 4.78 is 21.3.